The van der Waals surface area contributed by atoms with E-state index in [0.29, 0.717) is 35.6 Å². The minimum atomic E-state index is -0.466. The van der Waals surface area contributed by atoms with Gasteiger partial charge in [-0.05, 0) is 62.1 Å². The summed E-state index contributed by atoms with van der Waals surface area (Å²) in [6.45, 7) is -0.305. The Morgan fingerprint density at radius 2 is 2.03 bits per heavy atom. The van der Waals surface area contributed by atoms with E-state index in [0.717, 1.165) is 18.5 Å². The third-order valence-corrected chi connectivity index (χ3v) is 5.31. The number of anilines is 1. The van der Waals surface area contributed by atoms with Crippen LogP contribution in [0.4, 0.5) is 10.2 Å². The number of aromatic nitrogens is 4. The normalized spacial score (nSPS) is 12.9. The largest absolute Gasteiger partial charge is 0.484 e. The van der Waals surface area contributed by atoms with Crippen LogP contribution in [0, 0.1) is 5.82 Å². The van der Waals surface area contributed by atoms with E-state index in [4.69, 9.17) is 9.15 Å². The van der Waals surface area contributed by atoms with E-state index in [1.54, 1.807) is 18.2 Å². The molecule has 1 aromatic carbocycles. The molecule has 0 bridgehead atoms. The van der Waals surface area contributed by atoms with E-state index < -0.39 is 11.7 Å². The van der Waals surface area contributed by atoms with Crippen molar-refractivity contribution in [2.45, 2.75) is 25.7 Å². The molecule has 0 saturated heterocycles. The van der Waals surface area contributed by atoms with E-state index in [1.165, 1.54) is 35.2 Å². The van der Waals surface area contributed by atoms with Gasteiger partial charge >= 0.3 is 0 Å². The van der Waals surface area contributed by atoms with Gasteiger partial charge in [0.2, 0.25) is 5.95 Å². The van der Waals surface area contributed by atoms with Gasteiger partial charge in [-0.3, -0.25) is 14.6 Å². The lowest BCUT2D eigenvalue weighted by atomic mass is 9.97. The molecule has 9 nitrogen and oxygen atoms in total. The summed E-state index contributed by atoms with van der Waals surface area (Å²) in [6, 6.07) is 10.4. The molecule has 0 radical (unpaired) electrons. The van der Waals surface area contributed by atoms with Gasteiger partial charge in [0.05, 0.1) is 12.0 Å². The molecular formula is C23H20FN5O4. The summed E-state index contributed by atoms with van der Waals surface area (Å²) in [7, 11) is 0. The number of amides is 1. The highest BCUT2D eigenvalue weighted by molar-refractivity contribution is 5.91. The van der Waals surface area contributed by atoms with Crippen molar-refractivity contribution >= 4 is 11.7 Å². The zero-order chi connectivity index (χ0) is 22.8. The highest BCUT2D eigenvalue weighted by Gasteiger charge is 2.20. The predicted octanol–water partition coefficient (Wildman–Crippen LogP) is 3.25. The summed E-state index contributed by atoms with van der Waals surface area (Å²) < 4.78 is 25.2. The summed E-state index contributed by atoms with van der Waals surface area (Å²) >= 11 is 0. The van der Waals surface area contributed by atoms with Crippen molar-refractivity contribution in [1.82, 2.24) is 19.7 Å². The maximum Gasteiger partial charge on any atom is 0.263 e. The van der Waals surface area contributed by atoms with Crippen LogP contribution in [0.3, 0.4) is 0 Å². The molecule has 33 heavy (non-hydrogen) atoms. The Labute approximate surface area is 187 Å². The number of carbonyl (C=O) groups is 1. The Kier molecular flexibility index (Phi) is 5.47. The second-order valence-corrected chi connectivity index (χ2v) is 7.62. The molecule has 0 fully saturated rings. The van der Waals surface area contributed by atoms with E-state index in [2.05, 4.69) is 20.4 Å². The molecule has 0 aliphatic heterocycles. The first kappa shape index (κ1) is 20.7. The number of nitrogens with zero attached hydrogens (tertiary/aromatic N) is 3. The lowest BCUT2D eigenvalue weighted by Gasteiger charge is -2.15. The van der Waals surface area contributed by atoms with Gasteiger partial charge < -0.3 is 14.5 Å². The number of H-pyrrole nitrogens is 1. The maximum atomic E-state index is 13.0. The van der Waals surface area contributed by atoms with Crippen LogP contribution in [0.1, 0.15) is 24.1 Å². The summed E-state index contributed by atoms with van der Waals surface area (Å²) in [5.74, 6) is 0.477. The molecule has 4 aromatic rings. The van der Waals surface area contributed by atoms with E-state index in [-0.39, 0.29) is 23.9 Å². The fourth-order valence-electron chi connectivity index (χ4n) is 3.73. The molecule has 0 unspecified atom stereocenters. The number of fused-ring (bicyclic) bond motifs is 1. The first-order valence-electron chi connectivity index (χ1n) is 10.5. The Bertz CT molecular complexity index is 1340. The first-order chi connectivity index (χ1) is 16.1. The Hall–Kier alpha value is -4.21. The SMILES string of the molecule is O=C(COc1ccc(F)cc1)Nc1cc(-c2ccco2)nn1-c1nc2c(c(=O)[nH]1)CCCC2. The molecule has 2 N–H and O–H groups in total. The number of ether oxygens (including phenoxy) is 1. The molecule has 10 heteroatoms. The Morgan fingerprint density at radius 3 is 2.82 bits per heavy atom. The topological polar surface area (TPSA) is 115 Å². The Balaban J connectivity index is 1.44. The van der Waals surface area contributed by atoms with Crippen LogP contribution in [-0.4, -0.2) is 32.3 Å². The van der Waals surface area contributed by atoms with Crippen LogP contribution < -0.4 is 15.6 Å². The highest BCUT2D eigenvalue weighted by Crippen LogP contribution is 2.25. The van der Waals surface area contributed by atoms with Gasteiger partial charge in [-0.2, -0.15) is 9.78 Å². The molecule has 3 heterocycles. The van der Waals surface area contributed by atoms with Crippen molar-refractivity contribution in [1.29, 1.82) is 0 Å². The smallest absolute Gasteiger partial charge is 0.263 e. The summed E-state index contributed by atoms with van der Waals surface area (Å²) in [5.41, 5.74) is 1.69. The van der Waals surface area contributed by atoms with Crippen molar-refractivity contribution in [2.75, 3.05) is 11.9 Å². The third-order valence-electron chi connectivity index (χ3n) is 5.31. The number of aryl methyl sites for hydroxylation is 1. The van der Waals surface area contributed by atoms with Gasteiger partial charge in [0, 0.05) is 11.6 Å². The number of hydrogen-bond acceptors (Lipinski definition) is 6. The number of carbonyl (C=O) groups excluding carboxylic acids is 1. The van der Waals surface area contributed by atoms with Crippen LogP contribution in [0.15, 0.2) is 57.9 Å². The van der Waals surface area contributed by atoms with E-state index in [9.17, 15) is 14.0 Å². The van der Waals surface area contributed by atoms with Gasteiger partial charge in [-0.1, -0.05) is 0 Å². The molecule has 1 aliphatic rings. The molecule has 1 aliphatic carbocycles. The molecule has 3 aromatic heterocycles. The van der Waals surface area contributed by atoms with Gasteiger partial charge in [0.25, 0.3) is 11.5 Å². The average molecular weight is 449 g/mol. The van der Waals surface area contributed by atoms with Gasteiger partial charge in [0.1, 0.15) is 23.1 Å². The van der Waals surface area contributed by atoms with Crippen LogP contribution >= 0.6 is 0 Å². The number of aromatic amines is 1. The minimum absolute atomic E-state index is 0.202. The second kappa shape index (κ2) is 8.73. The predicted molar refractivity (Wildman–Crippen MR) is 117 cm³/mol. The summed E-state index contributed by atoms with van der Waals surface area (Å²) in [4.78, 5) is 32.6. The minimum Gasteiger partial charge on any atom is -0.484 e. The Morgan fingerprint density at radius 1 is 1.21 bits per heavy atom. The maximum absolute atomic E-state index is 13.0. The van der Waals surface area contributed by atoms with Gasteiger partial charge in [0.15, 0.2) is 12.4 Å². The van der Waals surface area contributed by atoms with Crippen LogP contribution in [0.2, 0.25) is 0 Å². The standard InChI is InChI=1S/C23H20FN5O4/c24-14-7-9-15(10-8-14)33-13-21(30)26-20-12-18(19-6-3-11-32-19)28-29(20)23-25-17-5-2-1-4-16(17)22(31)27-23/h3,6-12H,1-2,4-5,13H2,(H,26,30)(H,25,27,31). The van der Waals surface area contributed by atoms with Crippen molar-refractivity contribution in [3.05, 3.63) is 76.2 Å². The highest BCUT2D eigenvalue weighted by atomic mass is 19.1. The molecule has 0 atom stereocenters. The number of furan rings is 1. The molecular weight excluding hydrogens is 429 g/mol. The lowest BCUT2D eigenvalue weighted by Crippen LogP contribution is -2.26. The molecule has 1 amide bonds. The van der Waals surface area contributed by atoms with Crippen molar-refractivity contribution in [2.24, 2.45) is 0 Å². The fraction of sp³-hybridized carbons (Fsp3) is 0.217. The molecule has 0 spiro atoms. The van der Waals surface area contributed by atoms with Crippen LogP contribution in [-0.2, 0) is 17.6 Å². The average Bonchev–Trinajstić information content (AvgIpc) is 3.49. The number of nitrogens with one attached hydrogen (secondary N) is 2. The van der Waals surface area contributed by atoms with Crippen molar-refractivity contribution in [3.8, 4) is 23.2 Å². The summed E-state index contributed by atoms with van der Waals surface area (Å²) in [5, 5.41) is 7.22. The van der Waals surface area contributed by atoms with Gasteiger partial charge in [-0.15, -0.1) is 0 Å². The zero-order valence-corrected chi connectivity index (χ0v) is 17.5. The van der Waals surface area contributed by atoms with E-state index >= 15 is 0 Å². The molecule has 168 valence electrons. The number of halogens is 1. The quantitative estimate of drug-likeness (QED) is 0.467. The zero-order valence-electron chi connectivity index (χ0n) is 17.5. The number of rotatable bonds is 6. The number of benzene rings is 1. The third kappa shape index (κ3) is 4.40. The second-order valence-electron chi connectivity index (χ2n) is 7.62. The van der Waals surface area contributed by atoms with Gasteiger partial charge in [-0.25, -0.2) is 9.37 Å². The summed E-state index contributed by atoms with van der Waals surface area (Å²) in [6.07, 6.45) is 4.84. The number of hydrogen-bond donors (Lipinski definition) is 2. The van der Waals surface area contributed by atoms with Crippen molar-refractivity contribution < 1.29 is 18.3 Å². The molecule has 5 rings (SSSR count). The first-order valence-corrected chi connectivity index (χ1v) is 10.5. The van der Waals surface area contributed by atoms with Crippen molar-refractivity contribution in [3.63, 3.8) is 0 Å². The lowest BCUT2D eigenvalue weighted by molar-refractivity contribution is -0.118. The fourth-order valence-corrected chi connectivity index (χ4v) is 3.73. The van der Waals surface area contributed by atoms with Crippen LogP contribution in [0.5, 0.6) is 5.75 Å². The monoisotopic (exact) mass is 449 g/mol. The van der Waals surface area contributed by atoms with E-state index in [1.807, 2.05) is 0 Å². The molecule has 0 saturated carbocycles. The van der Waals surface area contributed by atoms with Crippen LogP contribution in [0.25, 0.3) is 17.4 Å².